The minimum absolute atomic E-state index is 0.128. The molecule has 112 valence electrons. The second-order valence-electron chi connectivity index (χ2n) is 5.46. The molecule has 1 unspecified atom stereocenters. The monoisotopic (exact) mass is 306 g/mol. The summed E-state index contributed by atoms with van der Waals surface area (Å²) in [7, 11) is 1.25. The molecule has 1 heterocycles. The number of anilines is 1. The van der Waals surface area contributed by atoms with Gasteiger partial charge in [-0.2, -0.15) is 0 Å². The molecule has 1 aromatic carbocycles. The molecule has 0 aromatic heterocycles. The van der Waals surface area contributed by atoms with Crippen LogP contribution in [0.15, 0.2) is 12.1 Å². The van der Waals surface area contributed by atoms with Gasteiger partial charge in [0.1, 0.15) is 9.87 Å². The highest BCUT2D eigenvalue weighted by molar-refractivity contribution is 8.10. The normalized spacial score (nSPS) is 18.7. The first kappa shape index (κ1) is 16.0. The molecule has 1 atom stereocenters. The van der Waals surface area contributed by atoms with E-state index in [1.165, 1.54) is 0 Å². The second-order valence-corrected chi connectivity index (χ2v) is 6.84. The lowest BCUT2D eigenvalue weighted by atomic mass is 9.87. The third kappa shape index (κ3) is 3.47. The van der Waals surface area contributed by atoms with Crippen molar-refractivity contribution >= 4 is 28.6 Å². The van der Waals surface area contributed by atoms with Crippen LogP contribution >= 0.6 is 0 Å². The standard InChI is InChI=1S/C14H19BN2O3S/c1-4-17-13(18)6-9(2)12-7-11(5-10(3)14(12)17)8-16-21(15,19)20/h5,7,9,16H,4,6,8H2,1-3H3. The molecule has 1 aromatic rings. The van der Waals surface area contributed by atoms with Crippen LogP contribution in [0.3, 0.4) is 0 Å². The fraction of sp³-hybridized carbons (Fsp3) is 0.500. The van der Waals surface area contributed by atoms with E-state index < -0.39 is 9.87 Å². The number of hydrogen-bond donors (Lipinski definition) is 1. The van der Waals surface area contributed by atoms with Crippen molar-refractivity contribution in [3.8, 4) is 0 Å². The molecular weight excluding hydrogens is 287 g/mol. The number of nitrogens with one attached hydrogen (secondary N) is 1. The Bertz CT molecular complexity index is 673. The van der Waals surface area contributed by atoms with Crippen LogP contribution in [0.1, 0.15) is 42.9 Å². The summed E-state index contributed by atoms with van der Waals surface area (Å²) in [5.74, 6) is 0.263. The predicted molar refractivity (Wildman–Crippen MR) is 83.8 cm³/mol. The van der Waals surface area contributed by atoms with E-state index in [1.807, 2.05) is 32.9 Å². The van der Waals surface area contributed by atoms with E-state index in [0.29, 0.717) is 13.0 Å². The maximum absolute atomic E-state index is 12.1. The summed E-state index contributed by atoms with van der Waals surface area (Å²) in [6.07, 6.45) is 0.479. The van der Waals surface area contributed by atoms with E-state index >= 15 is 0 Å². The van der Waals surface area contributed by atoms with Crippen LogP contribution in [0.25, 0.3) is 0 Å². The Morgan fingerprint density at radius 2 is 2.10 bits per heavy atom. The number of hydrogen-bond acceptors (Lipinski definition) is 3. The highest BCUT2D eigenvalue weighted by Gasteiger charge is 2.29. The molecule has 1 amide bonds. The lowest BCUT2D eigenvalue weighted by Crippen LogP contribution is -2.36. The molecule has 1 aliphatic rings. The van der Waals surface area contributed by atoms with Crippen molar-refractivity contribution in [2.45, 2.75) is 39.7 Å². The van der Waals surface area contributed by atoms with Crippen molar-refractivity contribution < 1.29 is 13.2 Å². The van der Waals surface area contributed by atoms with Gasteiger partial charge in [0.05, 0.1) is 0 Å². The molecule has 0 spiro atoms. The van der Waals surface area contributed by atoms with Gasteiger partial charge >= 0.3 is 0 Å². The van der Waals surface area contributed by atoms with Crippen LogP contribution in [0.2, 0.25) is 0 Å². The van der Waals surface area contributed by atoms with E-state index in [1.54, 1.807) is 4.90 Å². The van der Waals surface area contributed by atoms with Crippen molar-refractivity contribution in [3.63, 3.8) is 0 Å². The zero-order chi connectivity index (χ0) is 15.8. The van der Waals surface area contributed by atoms with Gasteiger partial charge in [-0.15, -0.1) is 0 Å². The summed E-state index contributed by atoms with van der Waals surface area (Å²) in [4.78, 5) is 13.9. The van der Waals surface area contributed by atoms with Gasteiger partial charge in [0, 0.05) is 25.2 Å². The van der Waals surface area contributed by atoms with Gasteiger partial charge in [0.2, 0.25) is 5.91 Å². The zero-order valence-electron chi connectivity index (χ0n) is 12.5. The van der Waals surface area contributed by atoms with E-state index in [4.69, 9.17) is 7.12 Å². The van der Waals surface area contributed by atoms with Crippen LogP contribution < -0.4 is 9.62 Å². The predicted octanol–water partition coefficient (Wildman–Crippen LogP) is 1.36. The Morgan fingerprint density at radius 1 is 1.43 bits per heavy atom. The minimum atomic E-state index is -3.71. The van der Waals surface area contributed by atoms with E-state index in [-0.39, 0.29) is 18.4 Å². The SMILES string of the molecule is [B]S(=O)(=O)NCc1cc(C)c2c(c1)C(C)CC(=O)N2CC. The number of carbonyl (C=O) groups excluding carboxylic acids is 1. The lowest BCUT2D eigenvalue weighted by Gasteiger charge is -2.34. The van der Waals surface area contributed by atoms with Crippen LogP contribution in [0.5, 0.6) is 0 Å². The van der Waals surface area contributed by atoms with Crippen LogP contribution in [0.4, 0.5) is 5.69 Å². The average Bonchev–Trinajstić information content (AvgIpc) is 2.37. The molecule has 7 heteroatoms. The zero-order valence-corrected chi connectivity index (χ0v) is 13.3. The summed E-state index contributed by atoms with van der Waals surface area (Å²) in [5.41, 5.74) is 3.86. The maximum Gasteiger partial charge on any atom is 0.277 e. The first-order valence-corrected chi connectivity index (χ1v) is 8.48. The van der Waals surface area contributed by atoms with E-state index in [0.717, 1.165) is 22.4 Å². The smallest absolute Gasteiger partial charge is 0.277 e. The topological polar surface area (TPSA) is 66.5 Å². The summed E-state index contributed by atoms with van der Waals surface area (Å²) < 4.78 is 24.3. The molecule has 0 aliphatic carbocycles. The maximum atomic E-state index is 12.1. The summed E-state index contributed by atoms with van der Waals surface area (Å²) in [6, 6.07) is 3.85. The number of nitrogens with zero attached hydrogens (tertiary/aromatic N) is 1. The van der Waals surface area contributed by atoms with Crippen LogP contribution in [-0.2, 0) is 21.2 Å². The highest BCUT2D eigenvalue weighted by Crippen LogP contribution is 2.38. The number of amides is 1. The number of aryl methyl sites for hydroxylation is 1. The molecule has 0 saturated heterocycles. The van der Waals surface area contributed by atoms with Gasteiger partial charge in [-0.3, -0.25) is 4.79 Å². The van der Waals surface area contributed by atoms with Gasteiger partial charge in [-0.25, -0.2) is 13.1 Å². The summed E-state index contributed by atoms with van der Waals surface area (Å²) in [5, 5.41) is 0. The van der Waals surface area contributed by atoms with Crippen LogP contribution in [-0.4, -0.2) is 28.0 Å². The fourth-order valence-corrected chi connectivity index (χ4v) is 3.22. The number of benzene rings is 1. The van der Waals surface area contributed by atoms with Gasteiger partial charge < -0.3 is 4.90 Å². The average molecular weight is 306 g/mol. The van der Waals surface area contributed by atoms with Gasteiger partial charge in [0.25, 0.3) is 7.12 Å². The van der Waals surface area contributed by atoms with Crippen molar-refractivity contribution in [1.82, 2.24) is 4.72 Å². The van der Waals surface area contributed by atoms with E-state index in [2.05, 4.69) is 4.72 Å². The molecule has 0 bridgehead atoms. The highest BCUT2D eigenvalue weighted by atomic mass is 32.2. The third-order valence-electron chi connectivity index (χ3n) is 3.77. The number of fused-ring (bicyclic) bond motifs is 1. The van der Waals surface area contributed by atoms with Crippen molar-refractivity contribution in [2.24, 2.45) is 0 Å². The Labute approximate surface area is 127 Å². The minimum Gasteiger partial charge on any atom is -0.312 e. The third-order valence-corrected chi connectivity index (χ3v) is 4.31. The fourth-order valence-electron chi connectivity index (χ4n) is 2.86. The Hall–Kier alpha value is -1.34. The van der Waals surface area contributed by atoms with Crippen molar-refractivity contribution in [1.29, 1.82) is 0 Å². The van der Waals surface area contributed by atoms with Crippen molar-refractivity contribution in [2.75, 3.05) is 11.4 Å². The first-order chi connectivity index (χ1) is 9.73. The Morgan fingerprint density at radius 3 is 2.67 bits per heavy atom. The number of carbonyl (C=O) groups is 1. The van der Waals surface area contributed by atoms with Crippen LogP contribution in [0, 0.1) is 6.92 Å². The number of rotatable bonds is 4. The lowest BCUT2D eigenvalue weighted by molar-refractivity contribution is -0.119. The largest absolute Gasteiger partial charge is 0.312 e. The quantitative estimate of drug-likeness (QED) is 0.854. The first-order valence-electron chi connectivity index (χ1n) is 6.94. The Balaban J connectivity index is 2.42. The van der Waals surface area contributed by atoms with Gasteiger partial charge in [0.15, 0.2) is 0 Å². The molecule has 2 radical (unpaired) electrons. The molecule has 1 aliphatic heterocycles. The molecular formula is C14H19BN2O3S. The summed E-state index contributed by atoms with van der Waals surface area (Å²) in [6.45, 7) is 6.69. The molecule has 0 saturated carbocycles. The molecule has 5 nitrogen and oxygen atoms in total. The second kappa shape index (κ2) is 5.81. The van der Waals surface area contributed by atoms with Gasteiger partial charge in [-0.1, -0.05) is 19.1 Å². The van der Waals surface area contributed by atoms with E-state index in [9.17, 15) is 13.2 Å². The van der Waals surface area contributed by atoms with Gasteiger partial charge in [-0.05, 0) is 36.5 Å². The molecule has 0 fully saturated rings. The Kier molecular flexibility index (Phi) is 4.44. The molecule has 1 N–H and O–H groups in total. The van der Waals surface area contributed by atoms with Crippen molar-refractivity contribution in [3.05, 3.63) is 28.8 Å². The molecule has 2 rings (SSSR count). The molecule has 21 heavy (non-hydrogen) atoms. The summed E-state index contributed by atoms with van der Waals surface area (Å²) >= 11 is 0.